The second-order valence-corrected chi connectivity index (χ2v) is 8.20. The van der Waals surface area contributed by atoms with Crippen molar-refractivity contribution in [3.05, 3.63) is 63.9 Å². The van der Waals surface area contributed by atoms with E-state index in [0.29, 0.717) is 18.2 Å². The standard InChI is InChI=1S/C19H15FN6O3S/c1-19(26-5-2-3-22-26)9-24(10-19)16-13(20)7-11-14(27)12(17(28)29)8-25(15(11)23-16)18-21-4-6-30-18/h2-8H,9-10H2,1H3,(H,28,29). The van der Waals surface area contributed by atoms with Gasteiger partial charge >= 0.3 is 5.97 Å². The summed E-state index contributed by atoms with van der Waals surface area (Å²) in [5.74, 6) is -1.98. The Hall–Kier alpha value is -3.60. The maximum absolute atomic E-state index is 14.9. The van der Waals surface area contributed by atoms with Gasteiger partial charge < -0.3 is 10.0 Å². The molecule has 4 aromatic rings. The lowest BCUT2D eigenvalue weighted by Gasteiger charge is -2.48. The number of hydrogen-bond acceptors (Lipinski definition) is 7. The first-order valence-electron chi connectivity index (χ1n) is 9.01. The molecular weight excluding hydrogens is 411 g/mol. The van der Waals surface area contributed by atoms with Gasteiger partial charge in [0.25, 0.3) is 0 Å². The number of anilines is 1. The molecule has 1 N–H and O–H groups in total. The van der Waals surface area contributed by atoms with E-state index in [-0.39, 0.29) is 22.4 Å². The van der Waals surface area contributed by atoms with Crippen LogP contribution in [0.3, 0.4) is 0 Å². The maximum atomic E-state index is 14.9. The molecule has 152 valence electrons. The molecule has 30 heavy (non-hydrogen) atoms. The lowest BCUT2D eigenvalue weighted by molar-refractivity contribution is 0.0695. The zero-order valence-corrected chi connectivity index (χ0v) is 16.5. The van der Waals surface area contributed by atoms with Gasteiger partial charge in [0.1, 0.15) is 5.56 Å². The highest BCUT2D eigenvalue weighted by molar-refractivity contribution is 7.12. The lowest BCUT2D eigenvalue weighted by Crippen LogP contribution is -2.61. The number of aromatic nitrogens is 5. The van der Waals surface area contributed by atoms with Crippen LogP contribution < -0.4 is 10.3 Å². The number of aromatic carboxylic acids is 1. The van der Waals surface area contributed by atoms with Crippen LogP contribution in [0.15, 0.2) is 47.1 Å². The predicted octanol–water partition coefficient (Wildman–Crippen LogP) is 2.11. The summed E-state index contributed by atoms with van der Waals surface area (Å²) in [6.07, 6.45) is 6.29. The first kappa shape index (κ1) is 18.4. The smallest absolute Gasteiger partial charge is 0.341 e. The number of carboxylic acid groups (broad SMARTS) is 1. The third-order valence-electron chi connectivity index (χ3n) is 5.19. The van der Waals surface area contributed by atoms with Crippen LogP contribution in [-0.2, 0) is 5.54 Å². The third kappa shape index (κ3) is 2.70. The number of thiazole rings is 1. The molecule has 9 nitrogen and oxygen atoms in total. The zero-order valence-electron chi connectivity index (χ0n) is 15.7. The van der Waals surface area contributed by atoms with Crippen molar-refractivity contribution in [1.82, 2.24) is 24.3 Å². The SMILES string of the molecule is CC1(n2cccn2)CN(c2nc3c(cc2F)c(=O)c(C(=O)O)cn3-c2nccs2)C1. The van der Waals surface area contributed by atoms with Gasteiger partial charge in [0, 0.05) is 43.3 Å². The second kappa shape index (κ2) is 6.46. The highest BCUT2D eigenvalue weighted by Gasteiger charge is 2.42. The van der Waals surface area contributed by atoms with Gasteiger partial charge in [-0.2, -0.15) is 5.10 Å². The van der Waals surface area contributed by atoms with Gasteiger partial charge in [0.2, 0.25) is 5.43 Å². The molecular formula is C19H15FN6O3S. The molecule has 0 aliphatic carbocycles. The van der Waals surface area contributed by atoms with Crippen molar-refractivity contribution in [3.63, 3.8) is 0 Å². The lowest BCUT2D eigenvalue weighted by atomic mass is 9.92. The van der Waals surface area contributed by atoms with E-state index in [1.165, 1.54) is 22.1 Å². The second-order valence-electron chi connectivity index (χ2n) is 7.33. The molecule has 11 heteroatoms. The molecule has 5 heterocycles. The van der Waals surface area contributed by atoms with Crippen LogP contribution in [-0.4, -0.2) is 48.5 Å². The van der Waals surface area contributed by atoms with Crippen LogP contribution in [0.25, 0.3) is 16.2 Å². The van der Waals surface area contributed by atoms with E-state index in [1.54, 1.807) is 22.7 Å². The van der Waals surface area contributed by atoms with Crippen molar-refractivity contribution in [1.29, 1.82) is 0 Å². The summed E-state index contributed by atoms with van der Waals surface area (Å²) in [5.41, 5.74) is -1.39. The first-order valence-corrected chi connectivity index (χ1v) is 9.89. The van der Waals surface area contributed by atoms with Gasteiger partial charge in [0.05, 0.1) is 10.9 Å². The highest BCUT2D eigenvalue weighted by Crippen LogP contribution is 2.34. The van der Waals surface area contributed by atoms with Crippen molar-refractivity contribution < 1.29 is 14.3 Å². The van der Waals surface area contributed by atoms with Crippen LogP contribution in [0, 0.1) is 5.82 Å². The fourth-order valence-electron chi connectivity index (χ4n) is 3.73. The fourth-order valence-corrected chi connectivity index (χ4v) is 4.35. The molecule has 0 radical (unpaired) electrons. The van der Waals surface area contributed by atoms with E-state index < -0.39 is 22.8 Å². The van der Waals surface area contributed by atoms with Crippen LogP contribution in [0.5, 0.6) is 0 Å². The van der Waals surface area contributed by atoms with Gasteiger partial charge in [-0.15, -0.1) is 11.3 Å². The molecule has 0 amide bonds. The Labute approximate surface area is 172 Å². The maximum Gasteiger partial charge on any atom is 0.341 e. The normalized spacial score (nSPS) is 15.3. The topological polar surface area (TPSA) is 106 Å². The summed E-state index contributed by atoms with van der Waals surface area (Å²) in [4.78, 5) is 34.5. The van der Waals surface area contributed by atoms with Crippen LogP contribution in [0.2, 0.25) is 0 Å². The Morgan fingerprint density at radius 3 is 2.77 bits per heavy atom. The quantitative estimate of drug-likeness (QED) is 0.533. The van der Waals surface area contributed by atoms with Crippen molar-refractivity contribution in [3.8, 4) is 5.13 Å². The summed E-state index contributed by atoms with van der Waals surface area (Å²) in [7, 11) is 0. The third-order valence-corrected chi connectivity index (χ3v) is 5.96. The van der Waals surface area contributed by atoms with E-state index in [2.05, 4.69) is 15.1 Å². The van der Waals surface area contributed by atoms with Crippen molar-refractivity contribution in [2.24, 2.45) is 0 Å². The zero-order chi connectivity index (χ0) is 21.0. The minimum atomic E-state index is -1.39. The van der Waals surface area contributed by atoms with E-state index in [4.69, 9.17) is 0 Å². The summed E-state index contributed by atoms with van der Waals surface area (Å²) >= 11 is 1.25. The summed E-state index contributed by atoms with van der Waals surface area (Å²) < 4.78 is 18.2. The van der Waals surface area contributed by atoms with Gasteiger partial charge in [-0.25, -0.2) is 19.2 Å². The number of pyridine rings is 2. The molecule has 1 fully saturated rings. The molecule has 1 aliphatic heterocycles. The number of carbonyl (C=O) groups is 1. The molecule has 5 rings (SSSR count). The number of nitrogens with zero attached hydrogens (tertiary/aromatic N) is 6. The van der Waals surface area contributed by atoms with Crippen molar-refractivity contribution in [2.45, 2.75) is 12.5 Å². The first-order chi connectivity index (χ1) is 14.4. The number of halogens is 1. The van der Waals surface area contributed by atoms with E-state index in [1.807, 2.05) is 23.9 Å². The summed E-state index contributed by atoms with van der Waals surface area (Å²) in [6, 6.07) is 2.88. The average Bonchev–Trinajstić information content (AvgIpc) is 3.40. The molecule has 0 atom stereocenters. The molecule has 1 saturated heterocycles. The summed E-state index contributed by atoms with van der Waals surface area (Å²) in [5, 5.41) is 15.7. The monoisotopic (exact) mass is 426 g/mol. The van der Waals surface area contributed by atoms with Gasteiger partial charge in [-0.3, -0.25) is 14.0 Å². The van der Waals surface area contributed by atoms with Crippen molar-refractivity contribution in [2.75, 3.05) is 18.0 Å². The Morgan fingerprint density at radius 2 is 2.13 bits per heavy atom. The Morgan fingerprint density at radius 1 is 1.33 bits per heavy atom. The van der Waals surface area contributed by atoms with E-state index in [9.17, 15) is 19.1 Å². The number of carboxylic acids is 1. The number of fused-ring (bicyclic) bond motifs is 1. The Kier molecular flexibility index (Phi) is 3.97. The number of hydrogen-bond donors (Lipinski definition) is 1. The minimum Gasteiger partial charge on any atom is -0.477 e. The Bertz CT molecular complexity index is 1330. The van der Waals surface area contributed by atoms with Crippen LogP contribution in [0.4, 0.5) is 10.2 Å². The Balaban J connectivity index is 1.65. The van der Waals surface area contributed by atoms with E-state index in [0.717, 1.165) is 6.07 Å². The predicted molar refractivity (Wildman–Crippen MR) is 108 cm³/mol. The summed E-state index contributed by atoms with van der Waals surface area (Å²) in [6.45, 7) is 2.98. The van der Waals surface area contributed by atoms with Gasteiger partial charge in [-0.05, 0) is 19.1 Å². The van der Waals surface area contributed by atoms with E-state index >= 15 is 0 Å². The molecule has 4 aromatic heterocycles. The molecule has 0 spiro atoms. The molecule has 0 saturated carbocycles. The average molecular weight is 426 g/mol. The van der Waals surface area contributed by atoms with Gasteiger partial charge in [-0.1, -0.05) is 0 Å². The number of rotatable bonds is 4. The van der Waals surface area contributed by atoms with Gasteiger partial charge in [0.15, 0.2) is 22.4 Å². The van der Waals surface area contributed by atoms with Crippen LogP contribution in [0.1, 0.15) is 17.3 Å². The molecule has 0 aromatic carbocycles. The van der Waals surface area contributed by atoms with Crippen molar-refractivity contribution >= 4 is 34.2 Å². The molecule has 1 aliphatic rings. The largest absolute Gasteiger partial charge is 0.477 e. The molecule has 0 bridgehead atoms. The highest BCUT2D eigenvalue weighted by atomic mass is 32.1. The molecule has 0 unspecified atom stereocenters. The fraction of sp³-hybridized carbons (Fsp3) is 0.211. The van der Waals surface area contributed by atoms with Crippen LogP contribution >= 0.6 is 11.3 Å². The minimum absolute atomic E-state index is 0.0971.